The second-order valence-corrected chi connectivity index (χ2v) is 10.7. The summed E-state index contributed by atoms with van der Waals surface area (Å²) < 4.78 is 14.7. The Morgan fingerprint density at radius 2 is 1.98 bits per heavy atom. The second kappa shape index (κ2) is 13.1. The van der Waals surface area contributed by atoms with Gasteiger partial charge in [0.25, 0.3) is 0 Å². The monoisotopic (exact) mass is 563 g/mol. The number of aromatic amines is 2. The molecule has 4 heterocycles. The van der Waals surface area contributed by atoms with E-state index in [9.17, 15) is 4.39 Å². The number of nitrogens with one attached hydrogen (secondary N) is 3. The van der Waals surface area contributed by atoms with E-state index >= 15 is 0 Å². The third kappa shape index (κ3) is 6.40. The van der Waals surface area contributed by atoms with Gasteiger partial charge in [-0.1, -0.05) is 31.7 Å². The number of nitrogens with zero attached hydrogens (tertiary/aromatic N) is 4. The molecule has 0 aliphatic rings. The van der Waals surface area contributed by atoms with Gasteiger partial charge >= 0.3 is 0 Å². The van der Waals surface area contributed by atoms with Crippen molar-refractivity contribution in [3.8, 4) is 22.5 Å². The molecule has 216 valence electrons. The number of benzene rings is 1. The van der Waals surface area contributed by atoms with Gasteiger partial charge in [-0.15, -0.1) is 0 Å². The lowest BCUT2D eigenvalue weighted by Gasteiger charge is -2.10. The predicted octanol–water partition coefficient (Wildman–Crippen LogP) is 6.93. The highest BCUT2D eigenvalue weighted by Gasteiger charge is 2.16. The Bertz CT molecular complexity index is 1770. The van der Waals surface area contributed by atoms with Crippen molar-refractivity contribution in [2.45, 2.75) is 26.7 Å². The maximum absolute atomic E-state index is 14.7. The zero-order valence-electron chi connectivity index (χ0n) is 24.8. The summed E-state index contributed by atoms with van der Waals surface area (Å²) in [4.78, 5) is 15.1. The van der Waals surface area contributed by atoms with Gasteiger partial charge in [0.2, 0.25) is 0 Å². The Kier molecular flexibility index (Phi) is 9.05. The average molecular weight is 564 g/mol. The molecule has 0 aliphatic heterocycles. The number of hydrogen-bond donors (Lipinski definition) is 3. The van der Waals surface area contributed by atoms with Crippen LogP contribution >= 0.6 is 0 Å². The van der Waals surface area contributed by atoms with Crippen molar-refractivity contribution in [3.05, 3.63) is 96.2 Å². The van der Waals surface area contributed by atoms with Gasteiger partial charge in [-0.2, -0.15) is 5.10 Å². The minimum Gasteiger partial charge on any atom is -0.352 e. The summed E-state index contributed by atoms with van der Waals surface area (Å²) in [5, 5.41) is 12.0. The Balaban J connectivity index is 1.52. The van der Waals surface area contributed by atoms with Crippen molar-refractivity contribution in [3.63, 3.8) is 0 Å². The van der Waals surface area contributed by atoms with Crippen LogP contribution in [-0.4, -0.2) is 63.8 Å². The summed E-state index contributed by atoms with van der Waals surface area (Å²) in [6.45, 7) is 10.6. The first-order valence-corrected chi connectivity index (χ1v) is 14.4. The number of rotatable bonds is 12. The molecule has 1 aromatic carbocycles. The predicted molar refractivity (Wildman–Crippen MR) is 172 cm³/mol. The van der Waals surface area contributed by atoms with Crippen molar-refractivity contribution >= 4 is 27.5 Å². The van der Waals surface area contributed by atoms with Crippen molar-refractivity contribution in [1.82, 2.24) is 35.4 Å². The van der Waals surface area contributed by atoms with Gasteiger partial charge in [-0.3, -0.25) is 10.1 Å². The topological polar surface area (TPSA) is 85.5 Å². The smallest absolute Gasteiger partial charge is 0.135 e. The van der Waals surface area contributed by atoms with E-state index in [4.69, 9.17) is 4.98 Å². The molecule has 0 bridgehead atoms. The molecule has 3 N–H and O–H groups in total. The number of aromatic nitrogens is 5. The third-order valence-electron chi connectivity index (χ3n) is 7.34. The van der Waals surface area contributed by atoms with Crippen molar-refractivity contribution in [1.29, 1.82) is 0 Å². The quantitative estimate of drug-likeness (QED) is 0.143. The van der Waals surface area contributed by atoms with Gasteiger partial charge in [0.05, 0.1) is 28.6 Å². The van der Waals surface area contributed by atoms with E-state index in [1.54, 1.807) is 24.5 Å². The van der Waals surface area contributed by atoms with Gasteiger partial charge in [0, 0.05) is 23.7 Å². The molecule has 0 atom stereocenters. The normalized spacial score (nSPS) is 12.6. The fraction of sp³-hybridized carbons (Fsp3) is 0.265. The lowest BCUT2D eigenvalue weighted by molar-refractivity contribution is 0.400. The van der Waals surface area contributed by atoms with Crippen LogP contribution in [0.1, 0.15) is 31.5 Å². The van der Waals surface area contributed by atoms with Crippen LogP contribution in [0.2, 0.25) is 0 Å². The molecule has 5 rings (SSSR count). The zero-order valence-corrected chi connectivity index (χ0v) is 24.8. The van der Waals surface area contributed by atoms with Crippen molar-refractivity contribution in [2.24, 2.45) is 0 Å². The van der Waals surface area contributed by atoms with Crippen LogP contribution in [0.25, 0.3) is 50.0 Å². The SMILES string of the molecule is C=C/C(=C\C(=C/C)c1ccc2[nH]nc(-c3cc4c(-c5cc(F)cc(CCCN(C)C)c5)cncc4[nH]3)c2n1)CNCC. The van der Waals surface area contributed by atoms with E-state index in [-0.39, 0.29) is 5.82 Å². The number of fused-ring (bicyclic) bond motifs is 2. The highest BCUT2D eigenvalue weighted by Crippen LogP contribution is 2.34. The molecule has 0 fully saturated rings. The summed E-state index contributed by atoms with van der Waals surface area (Å²) in [5.74, 6) is -0.242. The fourth-order valence-electron chi connectivity index (χ4n) is 5.16. The molecule has 0 aliphatic carbocycles. The molecule has 0 radical (unpaired) electrons. The first kappa shape index (κ1) is 29.1. The van der Waals surface area contributed by atoms with Crippen LogP contribution in [-0.2, 0) is 6.42 Å². The van der Waals surface area contributed by atoms with Crippen LogP contribution in [0.15, 0.2) is 79.2 Å². The first-order valence-electron chi connectivity index (χ1n) is 14.4. The molecule has 0 spiro atoms. The minimum absolute atomic E-state index is 0.242. The molecule has 0 saturated carbocycles. The Morgan fingerprint density at radius 1 is 1.12 bits per heavy atom. The lowest BCUT2D eigenvalue weighted by Crippen LogP contribution is -2.15. The van der Waals surface area contributed by atoms with Crippen LogP contribution in [0.3, 0.4) is 0 Å². The summed E-state index contributed by atoms with van der Waals surface area (Å²) >= 11 is 0. The van der Waals surface area contributed by atoms with Crippen molar-refractivity contribution in [2.75, 3.05) is 33.7 Å². The van der Waals surface area contributed by atoms with E-state index in [1.165, 1.54) is 0 Å². The van der Waals surface area contributed by atoms with Gasteiger partial charge < -0.3 is 15.2 Å². The van der Waals surface area contributed by atoms with E-state index < -0.39 is 0 Å². The summed E-state index contributed by atoms with van der Waals surface area (Å²) in [6, 6.07) is 11.3. The molecular formula is C34H38FN7. The number of aryl methyl sites for hydroxylation is 1. The fourth-order valence-corrected chi connectivity index (χ4v) is 5.16. The van der Waals surface area contributed by atoms with Crippen LogP contribution in [0, 0.1) is 5.82 Å². The highest BCUT2D eigenvalue weighted by molar-refractivity contribution is 6.00. The Hall–Kier alpha value is -4.40. The number of H-pyrrole nitrogens is 2. The maximum Gasteiger partial charge on any atom is 0.135 e. The highest BCUT2D eigenvalue weighted by atomic mass is 19.1. The van der Waals surface area contributed by atoms with Crippen LogP contribution in [0.5, 0.6) is 0 Å². The summed E-state index contributed by atoms with van der Waals surface area (Å²) in [6.07, 6.45) is 11.4. The van der Waals surface area contributed by atoms with Gasteiger partial charge in [0.1, 0.15) is 17.0 Å². The van der Waals surface area contributed by atoms with Gasteiger partial charge in [-0.25, -0.2) is 9.37 Å². The number of likely N-dealkylation sites (N-methyl/N-ethyl adjacent to an activating group) is 1. The number of allylic oxidation sites excluding steroid dienone is 3. The number of halogens is 1. The molecule has 0 amide bonds. The van der Waals surface area contributed by atoms with Gasteiger partial charge in [0.15, 0.2) is 0 Å². The number of pyridine rings is 2. The second-order valence-electron chi connectivity index (χ2n) is 10.7. The van der Waals surface area contributed by atoms with Crippen molar-refractivity contribution < 1.29 is 4.39 Å². The standard InChI is InChI=1S/C34H38FN7/c1-6-22(19-36-8-3)14-24(7-2)29-11-12-30-33(39-29)34(41-40-30)31-18-27-28(20-37-21-32(27)38-31)25-15-23(16-26(35)17-25)10-9-13-42(4)5/h6-7,11-12,14-18,20-21,36,38H,1,8-10,13,19H2,2-5H3,(H,40,41)/b22-14+,24-7+. The Morgan fingerprint density at radius 3 is 2.74 bits per heavy atom. The number of hydrogen-bond acceptors (Lipinski definition) is 5. The summed E-state index contributed by atoms with van der Waals surface area (Å²) in [5.41, 5.74) is 9.60. The molecule has 4 aromatic heterocycles. The van der Waals surface area contributed by atoms with Crippen LogP contribution in [0.4, 0.5) is 4.39 Å². The molecule has 8 heteroatoms. The van der Waals surface area contributed by atoms with Crippen LogP contribution < -0.4 is 5.32 Å². The largest absolute Gasteiger partial charge is 0.352 e. The molecule has 7 nitrogen and oxygen atoms in total. The maximum atomic E-state index is 14.7. The van der Waals surface area contributed by atoms with E-state index in [1.807, 2.05) is 39.2 Å². The molecule has 5 aromatic rings. The first-order chi connectivity index (χ1) is 20.4. The molecule has 42 heavy (non-hydrogen) atoms. The van der Waals surface area contributed by atoms with Gasteiger partial charge in [-0.05, 0) is 106 Å². The molecule has 0 saturated heterocycles. The van der Waals surface area contributed by atoms with E-state index in [2.05, 4.69) is 68.2 Å². The summed E-state index contributed by atoms with van der Waals surface area (Å²) in [7, 11) is 4.10. The average Bonchev–Trinajstić information content (AvgIpc) is 3.60. The molecule has 0 unspecified atom stereocenters. The molecular weight excluding hydrogens is 525 g/mol. The zero-order chi connectivity index (χ0) is 29.6. The Labute approximate surface area is 246 Å². The van der Waals surface area contributed by atoms with E-state index in [0.717, 1.165) is 93.6 Å². The van der Waals surface area contributed by atoms with E-state index in [0.29, 0.717) is 5.69 Å². The minimum atomic E-state index is -0.242. The lowest BCUT2D eigenvalue weighted by atomic mass is 9.99. The third-order valence-corrected chi connectivity index (χ3v) is 7.34.